The van der Waals surface area contributed by atoms with Gasteiger partial charge < -0.3 is 10.6 Å². The molecule has 1 aromatic heterocycles. The van der Waals surface area contributed by atoms with E-state index in [-0.39, 0.29) is 17.2 Å². The summed E-state index contributed by atoms with van der Waals surface area (Å²) >= 11 is 0. The highest BCUT2D eigenvalue weighted by atomic mass is 19.1. The minimum absolute atomic E-state index is 0.00134. The van der Waals surface area contributed by atoms with Crippen LogP contribution in [0.4, 0.5) is 26.0 Å². The normalized spacial score (nSPS) is 10.4. The van der Waals surface area contributed by atoms with Crippen LogP contribution < -0.4 is 10.6 Å². The minimum Gasteiger partial charge on any atom is -0.340 e. The van der Waals surface area contributed by atoms with E-state index in [2.05, 4.69) is 20.6 Å². The zero-order valence-electron chi connectivity index (χ0n) is 15.1. The van der Waals surface area contributed by atoms with Crippen molar-refractivity contribution in [3.05, 3.63) is 77.2 Å². The monoisotopic (exact) mass is 382 g/mol. The molecule has 0 atom stereocenters. The number of nitrogens with zero attached hydrogens (tertiary/aromatic N) is 2. The van der Waals surface area contributed by atoms with Crippen molar-refractivity contribution in [2.45, 2.75) is 13.8 Å². The summed E-state index contributed by atoms with van der Waals surface area (Å²) in [7, 11) is 0. The molecule has 0 spiro atoms. The number of carbonyl (C=O) groups excluding carboxylic acids is 2. The van der Waals surface area contributed by atoms with Gasteiger partial charge in [0.15, 0.2) is 5.78 Å². The van der Waals surface area contributed by atoms with Crippen LogP contribution >= 0.6 is 0 Å². The summed E-state index contributed by atoms with van der Waals surface area (Å²) in [5, 5.41) is 5.36. The Morgan fingerprint density at radius 3 is 2.50 bits per heavy atom. The Hall–Kier alpha value is -3.68. The van der Waals surface area contributed by atoms with Gasteiger partial charge in [0.1, 0.15) is 29.0 Å². The second kappa shape index (κ2) is 7.91. The van der Waals surface area contributed by atoms with Gasteiger partial charge >= 0.3 is 0 Å². The van der Waals surface area contributed by atoms with E-state index in [0.717, 1.165) is 12.1 Å². The SMILES string of the molecule is CC(=O)c1cccc(Nc2cc(C(=O)Nc3ccc(F)cc3F)nc(C)n2)c1. The molecule has 2 aromatic carbocycles. The fourth-order valence-electron chi connectivity index (χ4n) is 2.49. The minimum atomic E-state index is -0.890. The summed E-state index contributed by atoms with van der Waals surface area (Å²) < 4.78 is 26.7. The molecule has 2 N–H and O–H groups in total. The highest BCUT2D eigenvalue weighted by Gasteiger charge is 2.14. The lowest BCUT2D eigenvalue weighted by Crippen LogP contribution is -2.16. The van der Waals surface area contributed by atoms with E-state index in [0.29, 0.717) is 29.0 Å². The molecule has 0 aliphatic carbocycles. The quantitative estimate of drug-likeness (QED) is 0.644. The van der Waals surface area contributed by atoms with E-state index in [1.807, 2.05) is 0 Å². The summed E-state index contributed by atoms with van der Waals surface area (Å²) in [6.07, 6.45) is 0. The fourth-order valence-corrected chi connectivity index (χ4v) is 2.49. The Labute approximate surface area is 159 Å². The number of benzene rings is 2. The van der Waals surface area contributed by atoms with Crippen molar-refractivity contribution in [1.82, 2.24) is 9.97 Å². The lowest BCUT2D eigenvalue weighted by atomic mass is 10.1. The number of nitrogens with one attached hydrogen (secondary N) is 2. The van der Waals surface area contributed by atoms with Gasteiger partial charge in [0.05, 0.1) is 5.69 Å². The zero-order valence-corrected chi connectivity index (χ0v) is 15.1. The number of Topliss-reactive ketones (excluding diaryl/α,β-unsaturated/α-hetero) is 1. The third-order valence-electron chi connectivity index (χ3n) is 3.79. The van der Waals surface area contributed by atoms with E-state index >= 15 is 0 Å². The molecule has 3 rings (SSSR count). The van der Waals surface area contributed by atoms with Gasteiger partial charge in [-0.1, -0.05) is 12.1 Å². The predicted molar refractivity (Wildman–Crippen MR) is 101 cm³/mol. The van der Waals surface area contributed by atoms with E-state index in [1.165, 1.54) is 13.0 Å². The van der Waals surface area contributed by atoms with Gasteiger partial charge in [0, 0.05) is 23.4 Å². The lowest BCUT2D eigenvalue weighted by Gasteiger charge is -2.10. The maximum Gasteiger partial charge on any atom is 0.274 e. The average Bonchev–Trinajstić information content (AvgIpc) is 2.63. The molecule has 0 radical (unpaired) electrons. The first-order chi connectivity index (χ1) is 13.3. The van der Waals surface area contributed by atoms with Gasteiger partial charge in [-0.2, -0.15) is 0 Å². The zero-order chi connectivity index (χ0) is 20.3. The standard InChI is InChI=1S/C20H16F2N4O2/c1-11(27)13-4-3-5-15(8-13)25-19-10-18(23-12(2)24-19)20(28)26-17-7-6-14(21)9-16(17)22/h3-10H,1-2H3,(H,26,28)(H,23,24,25). The molecule has 0 aliphatic rings. The Balaban J connectivity index is 1.83. The predicted octanol–water partition coefficient (Wildman–Crippen LogP) is 4.26. The lowest BCUT2D eigenvalue weighted by molar-refractivity contribution is 0.101. The van der Waals surface area contributed by atoms with Crippen molar-refractivity contribution >= 4 is 28.9 Å². The maximum atomic E-state index is 13.7. The average molecular weight is 382 g/mol. The molecule has 0 aliphatic heterocycles. The summed E-state index contributed by atoms with van der Waals surface area (Å²) in [5.41, 5.74) is 0.982. The Kier molecular flexibility index (Phi) is 5.39. The van der Waals surface area contributed by atoms with Crippen molar-refractivity contribution in [3.8, 4) is 0 Å². The Morgan fingerprint density at radius 2 is 1.79 bits per heavy atom. The molecule has 1 heterocycles. The molecule has 0 bridgehead atoms. The number of aryl methyl sites for hydroxylation is 1. The number of hydrogen-bond donors (Lipinski definition) is 2. The second-order valence-electron chi connectivity index (χ2n) is 6.03. The Morgan fingerprint density at radius 1 is 1.00 bits per heavy atom. The summed E-state index contributed by atoms with van der Waals surface area (Å²) in [6.45, 7) is 3.07. The van der Waals surface area contributed by atoms with Crippen LogP contribution in [-0.2, 0) is 0 Å². The second-order valence-corrected chi connectivity index (χ2v) is 6.03. The van der Waals surface area contributed by atoms with Crippen LogP contribution in [-0.4, -0.2) is 21.7 Å². The third kappa shape index (κ3) is 4.53. The molecule has 142 valence electrons. The van der Waals surface area contributed by atoms with E-state index in [4.69, 9.17) is 0 Å². The van der Waals surface area contributed by atoms with Crippen LogP contribution in [0.5, 0.6) is 0 Å². The maximum absolute atomic E-state index is 13.7. The molecule has 1 amide bonds. The summed E-state index contributed by atoms with van der Waals surface area (Å²) in [6, 6.07) is 11.1. The van der Waals surface area contributed by atoms with Gasteiger partial charge in [0.25, 0.3) is 5.91 Å². The number of halogens is 2. The molecule has 0 unspecified atom stereocenters. The van der Waals surface area contributed by atoms with Crippen molar-refractivity contribution in [2.75, 3.05) is 10.6 Å². The smallest absolute Gasteiger partial charge is 0.274 e. The van der Waals surface area contributed by atoms with Crippen molar-refractivity contribution in [1.29, 1.82) is 0 Å². The number of amides is 1. The van der Waals surface area contributed by atoms with Gasteiger partial charge in [-0.15, -0.1) is 0 Å². The van der Waals surface area contributed by atoms with Crippen LogP contribution in [0.2, 0.25) is 0 Å². The topological polar surface area (TPSA) is 84.0 Å². The summed E-state index contributed by atoms with van der Waals surface area (Å²) in [4.78, 5) is 32.2. The number of ketones is 1. The van der Waals surface area contributed by atoms with Crippen LogP contribution in [0, 0.1) is 18.6 Å². The van der Waals surface area contributed by atoms with Gasteiger partial charge in [-0.25, -0.2) is 18.7 Å². The molecular formula is C20H16F2N4O2. The molecule has 0 saturated carbocycles. The van der Waals surface area contributed by atoms with Gasteiger partial charge in [0.2, 0.25) is 0 Å². The number of hydrogen-bond acceptors (Lipinski definition) is 5. The number of rotatable bonds is 5. The molecule has 0 fully saturated rings. The van der Waals surface area contributed by atoms with Crippen LogP contribution in [0.1, 0.15) is 33.6 Å². The molecule has 0 saturated heterocycles. The number of carbonyl (C=O) groups is 2. The highest BCUT2D eigenvalue weighted by Crippen LogP contribution is 2.19. The van der Waals surface area contributed by atoms with Gasteiger partial charge in [-0.05, 0) is 38.1 Å². The first kappa shape index (κ1) is 19.1. The van der Waals surface area contributed by atoms with Crippen molar-refractivity contribution < 1.29 is 18.4 Å². The van der Waals surface area contributed by atoms with Crippen LogP contribution in [0.15, 0.2) is 48.5 Å². The van der Waals surface area contributed by atoms with Gasteiger partial charge in [-0.3, -0.25) is 9.59 Å². The molecule has 28 heavy (non-hydrogen) atoms. The number of anilines is 3. The third-order valence-corrected chi connectivity index (χ3v) is 3.79. The van der Waals surface area contributed by atoms with E-state index < -0.39 is 17.5 Å². The van der Waals surface area contributed by atoms with E-state index in [9.17, 15) is 18.4 Å². The van der Waals surface area contributed by atoms with Crippen LogP contribution in [0.25, 0.3) is 0 Å². The first-order valence-electron chi connectivity index (χ1n) is 8.32. The van der Waals surface area contributed by atoms with Crippen molar-refractivity contribution in [2.24, 2.45) is 0 Å². The van der Waals surface area contributed by atoms with Crippen molar-refractivity contribution in [3.63, 3.8) is 0 Å². The Bertz CT molecular complexity index is 1070. The molecular weight excluding hydrogens is 366 g/mol. The first-order valence-corrected chi connectivity index (χ1v) is 8.32. The molecule has 3 aromatic rings. The fraction of sp³-hybridized carbons (Fsp3) is 0.100. The number of aromatic nitrogens is 2. The van der Waals surface area contributed by atoms with Crippen LogP contribution in [0.3, 0.4) is 0 Å². The molecule has 6 nitrogen and oxygen atoms in total. The van der Waals surface area contributed by atoms with E-state index in [1.54, 1.807) is 31.2 Å². The molecule has 8 heteroatoms. The summed E-state index contributed by atoms with van der Waals surface area (Å²) in [5.74, 6) is -1.73. The highest BCUT2D eigenvalue weighted by molar-refractivity contribution is 6.03. The largest absolute Gasteiger partial charge is 0.340 e.